The van der Waals surface area contributed by atoms with Gasteiger partial charge < -0.3 is 14.8 Å². The van der Waals surface area contributed by atoms with E-state index in [9.17, 15) is 4.79 Å². The quantitative estimate of drug-likeness (QED) is 0.817. The molecule has 0 unspecified atom stereocenters. The molecule has 128 valence electrons. The van der Waals surface area contributed by atoms with E-state index in [1.54, 1.807) is 18.4 Å². The van der Waals surface area contributed by atoms with Gasteiger partial charge in [0, 0.05) is 30.1 Å². The molecule has 0 aliphatic carbocycles. The molecule has 1 atom stereocenters. The first-order valence-corrected chi connectivity index (χ1v) is 9.02. The smallest absolute Gasteiger partial charge is 0.226 e. The van der Waals surface area contributed by atoms with Crippen LogP contribution in [0.5, 0.6) is 11.5 Å². The average Bonchev–Trinajstić information content (AvgIpc) is 3.02. The van der Waals surface area contributed by atoms with Crippen molar-refractivity contribution in [2.75, 3.05) is 20.3 Å². The molecule has 2 heterocycles. The predicted octanol–water partition coefficient (Wildman–Crippen LogP) is 2.76. The standard InChI is InChI=1S/C18H22N2O3S/c1-12-11-24-17(20-12)4-3-7-19-18(21)14-8-13-5-6-15(22-2)9-16(13)23-10-14/h5-6,9,11,14H,3-4,7-8,10H2,1-2H3,(H,19,21)/t14-/m0/s1. The first-order valence-electron chi connectivity index (χ1n) is 8.14. The van der Waals surface area contributed by atoms with Crippen LogP contribution in [0.3, 0.4) is 0 Å². The first-order chi connectivity index (χ1) is 11.7. The molecular formula is C18H22N2O3S. The van der Waals surface area contributed by atoms with Gasteiger partial charge in [0.2, 0.25) is 5.91 Å². The Hall–Kier alpha value is -2.08. The minimum absolute atomic E-state index is 0.0618. The highest BCUT2D eigenvalue weighted by molar-refractivity contribution is 7.09. The molecule has 5 nitrogen and oxygen atoms in total. The molecule has 1 aliphatic rings. The van der Waals surface area contributed by atoms with E-state index in [4.69, 9.17) is 9.47 Å². The lowest BCUT2D eigenvalue weighted by Crippen LogP contribution is -2.37. The average molecular weight is 346 g/mol. The van der Waals surface area contributed by atoms with Crippen LogP contribution in [0.1, 0.15) is 22.7 Å². The summed E-state index contributed by atoms with van der Waals surface area (Å²) in [5.74, 6) is 1.52. The maximum atomic E-state index is 12.3. The maximum Gasteiger partial charge on any atom is 0.226 e. The van der Waals surface area contributed by atoms with E-state index >= 15 is 0 Å². The molecule has 6 heteroatoms. The third-order valence-electron chi connectivity index (χ3n) is 4.08. The normalized spacial score (nSPS) is 16.2. The largest absolute Gasteiger partial charge is 0.497 e. The van der Waals surface area contributed by atoms with Crippen molar-refractivity contribution in [2.45, 2.75) is 26.2 Å². The molecule has 1 aliphatic heterocycles. The Morgan fingerprint density at radius 1 is 1.50 bits per heavy atom. The number of hydrogen-bond donors (Lipinski definition) is 1. The number of thiazole rings is 1. The monoisotopic (exact) mass is 346 g/mol. The van der Waals surface area contributed by atoms with E-state index < -0.39 is 0 Å². The van der Waals surface area contributed by atoms with Gasteiger partial charge in [-0.1, -0.05) is 6.07 Å². The lowest BCUT2D eigenvalue weighted by molar-refractivity contribution is -0.126. The van der Waals surface area contributed by atoms with Crippen molar-refractivity contribution in [1.82, 2.24) is 10.3 Å². The molecule has 3 rings (SSSR count). The number of fused-ring (bicyclic) bond motifs is 1. The summed E-state index contributed by atoms with van der Waals surface area (Å²) in [6.45, 7) is 3.08. The number of nitrogens with zero attached hydrogens (tertiary/aromatic N) is 1. The lowest BCUT2D eigenvalue weighted by Gasteiger charge is -2.25. The van der Waals surface area contributed by atoms with Gasteiger partial charge in [-0.2, -0.15) is 0 Å². The fourth-order valence-corrected chi connectivity index (χ4v) is 3.58. The Morgan fingerprint density at radius 3 is 3.12 bits per heavy atom. The van der Waals surface area contributed by atoms with Gasteiger partial charge in [0.25, 0.3) is 0 Å². The van der Waals surface area contributed by atoms with Gasteiger partial charge >= 0.3 is 0 Å². The molecule has 1 N–H and O–H groups in total. The lowest BCUT2D eigenvalue weighted by atomic mass is 9.96. The van der Waals surface area contributed by atoms with Gasteiger partial charge in [-0.3, -0.25) is 4.79 Å². The number of nitrogens with one attached hydrogen (secondary N) is 1. The summed E-state index contributed by atoms with van der Waals surface area (Å²) in [5, 5.41) is 6.20. The van der Waals surface area contributed by atoms with Crippen molar-refractivity contribution in [3.63, 3.8) is 0 Å². The van der Waals surface area contributed by atoms with Crippen molar-refractivity contribution < 1.29 is 14.3 Å². The summed E-state index contributed by atoms with van der Waals surface area (Å²) < 4.78 is 10.9. The summed E-state index contributed by atoms with van der Waals surface area (Å²) in [6.07, 6.45) is 2.51. The number of carbonyl (C=O) groups excluding carboxylic acids is 1. The molecule has 0 radical (unpaired) electrons. The zero-order valence-corrected chi connectivity index (χ0v) is 14.8. The van der Waals surface area contributed by atoms with Crippen LogP contribution in [0.25, 0.3) is 0 Å². The highest BCUT2D eigenvalue weighted by Crippen LogP contribution is 2.31. The molecular weight excluding hydrogens is 324 g/mol. The number of aromatic nitrogens is 1. The van der Waals surface area contributed by atoms with Crippen LogP contribution in [0, 0.1) is 12.8 Å². The molecule has 1 amide bonds. The fourth-order valence-electron chi connectivity index (χ4n) is 2.76. The topological polar surface area (TPSA) is 60.5 Å². The van der Waals surface area contributed by atoms with Crippen molar-refractivity contribution >= 4 is 17.2 Å². The third-order valence-corrected chi connectivity index (χ3v) is 5.11. The summed E-state index contributed by atoms with van der Waals surface area (Å²) >= 11 is 1.68. The molecule has 0 bridgehead atoms. The number of ether oxygens (including phenoxy) is 2. The molecule has 1 aromatic carbocycles. The van der Waals surface area contributed by atoms with Gasteiger partial charge in [0.15, 0.2) is 0 Å². The molecule has 24 heavy (non-hydrogen) atoms. The van der Waals surface area contributed by atoms with E-state index in [1.807, 2.05) is 25.1 Å². The highest BCUT2D eigenvalue weighted by Gasteiger charge is 2.26. The number of aryl methyl sites for hydroxylation is 2. The first kappa shape index (κ1) is 16.8. The Kier molecular flexibility index (Phi) is 5.35. The number of methoxy groups -OCH3 is 1. The summed E-state index contributed by atoms with van der Waals surface area (Å²) in [6, 6.07) is 5.75. The van der Waals surface area contributed by atoms with E-state index in [2.05, 4.69) is 15.7 Å². The van der Waals surface area contributed by atoms with Gasteiger partial charge in [-0.05, 0) is 31.4 Å². The van der Waals surface area contributed by atoms with Crippen molar-refractivity contribution in [2.24, 2.45) is 5.92 Å². The molecule has 2 aromatic rings. The third kappa shape index (κ3) is 4.06. The molecule has 0 saturated heterocycles. The minimum atomic E-state index is -0.131. The zero-order chi connectivity index (χ0) is 16.9. The van der Waals surface area contributed by atoms with E-state index in [0.717, 1.165) is 40.6 Å². The Labute approximate surface area is 146 Å². The molecule has 1 aromatic heterocycles. The van der Waals surface area contributed by atoms with Crippen LogP contribution in [-0.4, -0.2) is 31.2 Å². The Morgan fingerprint density at radius 2 is 2.38 bits per heavy atom. The van der Waals surface area contributed by atoms with E-state index in [1.165, 1.54) is 0 Å². The van der Waals surface area contributed by atoms with Crippen LogP contribution in [-0.2, 0) is 17.6 Å². The molecule has 0 saturated carbocycles. The summed E-state index contributed by atoms with van der Waals surface area (Å²) in [5.41, 5.74) is 2.12. The number of hydrogen-bond acceptors (Lipinski definition) is 5. The van der Waals surface area contributed by atoms with Gasteiger partial charge in [-0.25, -0.2) is 4.98 Å². The van der Waals surface area contributed by atoms with Crippen molar-refractivity contribution in [1.29, 1.82) is 0 Å². The number of carbonyl (C=O) groups is 1. The highest BCUT2D eigenvalue weighted by atomic mass is 32.1. The SMILES string of the molecule is COc1ccc2c(c1)OC[C@@H](C(=O)NCCCc1nc(C)cs1)C2. The van der Waals surface area contributed by atoms with Crippen LogP contribution >= 0.6 is 11.3 Å². The minimum Gasteiger partial charge on any atom is -0.497 e. The zero-order valence-electron chi connectivity index (χ0n) is 14.0. The number of rotatable bonds is 6. The fraction of sp³-hybridized carbons (Fsp3) is 0.444. The number of amides is 1. The molecule has 0 fully saturated rings. The Bertz CT molecular complexity index is 714. The van der Waals surface area contributed by atoms with Crippen molar-refractivity contribution in [3.05, 3.63) is 39.8 Å². The summed E-state index contributed by atoms with van der Waals surface area (Å²) in [4.78, 5) is 16.7. The maximum absolute atomic E-state index is 12.3. The second-order valence-corrected chi connectivity index (χ2v) is 6.91. The Balaban J connectivity index is 1.45. The van der Waals surface area contributed by atoms with Crippen LogP contribution < -0.4 is 14.8 Å². The van der Waals surface area contributed by atoms with E-state index in [0.29, 0.717) is 19.6 Å². The molecule has 0 spiro atoms. The van der Waals surface area contributed by atoms with Crippen LogP contribution in [0.2, 0.25) is 0 Å². The number of benzene rings is 1. The van der Waals surface area contributed by atoms with Gasteiger partial charge in [-0.15, -0.1) is 11.3 Å². The predicted molar refractivity (Wildman–Crippen MR) is 93.9 cm³/mol. The van der Waals surface area contributed by atoms with Crippen LogP contribution in [0.4, 0.5) is 0 Å². The summed E-state index contributed by atoms with van der Waals surface area (Å²) in [7, 11) is 1.63. The van der Waals surface area contributed by atoms with E-state index in [-0.39, 0.29) is 11.8 Å². The second kappa shape index (κ2) is 7.66. The van der Waals surface area contributed by atoms with Crippen molar-refractivity contribution in [3.8, 4) is 11.5 Å². The van der Waals surface area contributed by atoms with Crippen LogP contribution in [0.15, 0.2) is 23.6 Å². The van der Waals surface area contributed by atoms with Gasteiger partial charge in [0.1, 0.15) is 18.1 Å². The van der Waals surface area contributed by atoms with Gasteiger partial charge in [0.05, 0.1) is 18.0 Å². The second-order valence-electron chi connectivity index (χ2n) is 5.96.